The zero-order valence-electron chi connectivity index (χ0n) is 22.6. The molecule has 0 unspecified atom stereocenters. The molecule has 0 radical (unpaired) electrons. The van der Waals surface area contributed by atoms with Crippen LogP contribution in [0, 0.1) is 5.41 Å². The SMILES string of the molecule is CN(CCC[N+](C)(C)C/C=C/C1=C(C(=O)O)N2C(=O)[C@@H](NC(=O)CSc3nc4ccccc4s3)[C@H]2SC1)C(=N)N. The monoisotopic (exact) mass is 604 g/mol. The van der Waals surface area contributed by atoms with Crippen LogP contribution in [0.1, 0.15) is 6.42 Å². The number of quaternary nitrogens is 1. The van der Waals surface area contributed by atoms with Gasteiger partial charge >= 0.3 is 5.97 Å². The van der Waals surface area contributed by atoms with Gasteiger partial charge in [-0.3, -0.25) is 19.9 Å². The molecule has 3 heterocycles. The summed E-state index contributed by atoms with van der Waals surface area (Å²) in [5.74, 6) is -1.27. The number of carboxylic acids is 1. The molecule has 0 bridgehead atoms. The summed E-state index contributed by atoms with van der Waals surface area (Å²) in [7, 11) is 5.95. The van der Waals surface area contributed by atoms with Crippen molar-refractivity contribution in [3.63, 3.8) is 0 Å². The number of likely N-dealkylation sites (N-methyl/N-ethyl adjacent to an activating group) is 1. The number of fused-ring (bicyclic) bond motifs is 2. The van der Waals surface area contributed by atoms with Gasteiger partial charge in [0.25, 0.3) is 5.91 Å². The first-order chi connectivity index (χ1) is 19.0. The Hall–Kier alpha value is -3.07. The molecule has 40 heavy (non-hydrogen) atoms. The minimum Gasteiger partial charge on any atom is -0.477 e. The predicted molar refractivity (Wildman–Crippen MR) is 160 cm³/mol. The molecule has 1 saturated heterocycles. The highest BCUT2D eigenvalue weighted by Crippen LogP contribution is 2.40. The molecule has 0 spiro atoms. The van der Waals surface area contributed by atoms with Crippen molar-refractivity contribution in [1.29, 1.82) is 5.41 Å². The molecular formula is C26H34N7O4S3+. The number of nitrogens with one attached hydrogen (secondary N) is 2. The van der Waals surface area contributed by atoms with E-state index in [0.717, 1.165) is 27.5 Å². The summed E-state index contributed by atoms with van der Waals surface area (Å²) in [4.78, 5) is 45.2. The molecule has 2 aliphatic rings. The van der Waals surface area contributed by atoms with Gasteiger partial charge in [0.1, 0.15) is 17.1 Å². The van der Waals surface area contributed by atoms with E-state index in [9.17, 15) is 19.5 Å². The Kier molecular flexibility index (Phi) is 9.44. The molecule has 2 aliphatic heterocycles. The molecule has 11 nitrogen and oxygen atoms in total. The number of benzene rings is 1. The van der Waals surface area contributed by atoms with Crippen molar-refractivity contribution in [3.05, 3.63) is 47.7 Å². The van der Waals surface area contributed by atoms with Crippen LogP contribution in [-0.4, -0.2) is 112 Å². The van der Waals surface area contributed by atoms with E-state index in [1.807, 2.05) is 30.3 Å². The number of para-hydroxylation sites is 1. The number of hydrogen-bond acceptors (Lipinski definition) is 8. The summed E-state index contributed by atoms with van der Waals surface area (Å²) in [6.45, 7) is 2.21. The lowest BCUT2D eigenvalue weighted by atomic mass is 10.0. The van der Waals surface area contributed by atoms with E-state index in [1.54, 1.807) is 18.0 Å². The average molecular weight is 605 g/mol. The van der Waals surface area contributed by atoms with E-state index >= 15 is 0 Å². The van der Waals surface area contributed by atoms with Gasteiger partial charge in [0.15, 0.2) is 10.3 Å². The largest absolute Gasteiger partial charge is 0.477 e. The minimum atomic E-state index is -1.16. The number of amides is 2. The summed E-state index contributed by atoms with van der Waals surface area (Å²) in [6.07, 6.45) is 4.59. The number of rotatable bonds is 12. The first-order valence-electron chi connectivity index (χ1n) is 12.7. The number of β-lactam (4-membered cyclic amide) rings is 1. The fourth-order valence-corrected chi connectivity index (χ4v) is 7.65. The average Bonchev–Trinajstić information content (AvgIpc) is 3.32. The number of carbonyl (C=O) groups excluding carboxylic acids is 2. The molecule has 1 fully saturated rings. The maximum atomic E-state index is 13.0. The van der Waals surface area contributed by atoms with Crippen LogP contribution >= 0.6 is 34.9 Å². The molecule has 214 valence electrons. The zero-order chi connectivity index (χ0) is 29.0. The second-order valence-electron chi connectivity index (χ2n) is 10.3. The first kappa shape index (κ1) is 29.9. The lowest BCUT2D eigenvalue weighted by molar-refractivity contribution is -0.884. The summed E-state index contributed by atoms with van der Waals surface area (Å²) in [6, 6.07) is 7.01. The molecule has 1 aromatic heterocycles. The number of carbonyl (C=O) groups is 3. The Morgan fingerprint density at radius 3 is 2.83 bits per heavy atom. The molecule has 14 heteroatoms. The molecule has 2 aromatic rings. The molecule has 4 rings (SSSR count). The van der Waals surface area contributed by atoms with E-state index in [0.29, 0.717) is 28.9 Å². The normalized spacial score (nSPS) is 19.1. The first-order valence-corrected chi connectivity index (χ1v) is 15.5. The lowest BCUT2D eigenvalue weighted by Crippen LogP contribution is -2.70. The number of aliphatic carboxylic acids is 1. The number of hydrogen-bond donors (Lipinski definition) is 4. The van der Waals surface area contributed by atoms with E-state index in [4.69, 9.17) is 11.1 Å². The summed E-state index contributed by atoms with van der Waals surface area (Å²) in [5, 5.41) is 19.7. The Bertz CT molecular complexity index is 1340. The van der Waals surface area contributed by atoms with Crippen molar-refractivity contribution in [2.24, 2.45) is 5.73 Å². The van der Waals surface area contributed by atoms with E-state index in [1.165, 1.54) is 39.8 Å². The van der Waals surface area contributed by atoms with Crippen molar-refractivity contribution in [2.75, 3.05) is 52.3 Å². The van der Waals surface area contributed by atoms with E-state index in [2.05, 4.69) is 24.4 Å². The molecule has 0 aliphatic carbocycles. The number of thioether (sulfide) groups is 2. The molecular weight excluding hydrogens is 571 g/mol. The third kappa shape index (κ3) is 6.97. The van der Waals surface area contributed by atoms with Crippen LogP contribution < -0.4 is 11.1 Å². The van der Waals surface area contributed by atoms with Crippen LogP contribution in [0.25, 0.3) is 10.2 Å². The molecule has 0 saturated carbocycles. The number of guanidine groups is 1. The Balaban J connectivity index is 1.32. The van der Waals surface area contributed by atoms with Crippen LogP contribution in [0.15, 0.2) is 52.0 Å². The van der Waals surface area contributed by atoms with Gasteiger partial charge in [0, 0.05) is 25.8 Å². The molecule has 2 amide bonds. The predicted octanol–water partition coefficient (Wildman–Crippen LogP) is 1.97. The summed E-state index contributed by atoms with van der Waals surface area (Å²) < 4.78 is 2.51. The quantitative estimate of drug-likeness (QED) is 0.0937. The van der Waals surface area contributed by atoms with E-state index < -0.39 is 23.3 Å². The maximum Gasteiger partial charge on any atom is 0.352 e. The third-order valence-corrected chi connectivity index (χ3v) is 10.2. The van der Waals surface area contributed by atoms with Gasteiger partial charge in [-0.15, -0.1) is 23.1 Å². The molecule has 2 atom stereocenters. The Morgan fingerprint density at radius 1 is 1.38 bits per heavy atom. The summed E-state index contributed by atoms with van der Waals surface area (Å²) in [5.41, 5.74) is 6.93. The smallest absolute Gasteiger partial charge is 0.352 e. The molecule has 1 aromatic carbocycles. The van der Waals surface area contributed by atoms with Gasteiger partial charge in [-0.2, -0.15) is 0 Å². The zero-order valence-corrected chi connectivity index (χ0v) is 25.1. The van der Waals surface area contributed by atoms with Crippen molar-refractivity contribution in [1.82, 2.24) is 20.1 Å². The number of aromatic nitrogens is 1. The van der Waals surface area contributed by atoms with Crippen molar-refractivity contribution >= 4 is 68.8 Å². The topological polar surface area (TPSA) is 153 Å². The van der Waals surface area contributed by atoms with E-state index in [-0.39, 0.29) is 23.3 Å². The highest BCUT2D eigenvalue weighted by molar-refractivity contribution is 8.01. The maximum absolute atomic E-state index is 13.0. The lowest BCUT2D eigenvalue weighted by Gasteiger charge is -2.49. The number of carboxylic acid groups (broad SMARTS) is 1. The van der Waals surface area contributed by atoms with Gasteiger partial charge in [-0.1, -0.05) is 30.0 Å². The Labute approximate surface area is 245 Å². The van der Waals surface area contributed by atoms with Crippen molar-refractivity contribution < 1.29 is 24.0 Å². The second kappa shape index (κ2) is 12.6. The standard InChI is InChI=1S/C26H33N7O4S3/c1-31(25(27)28)11-7-13-33(2,3)12-6-8-16-14-38-23-20(22(35)32(23)21(16)24(36)37)30-19(34)15-39-26-29-17-9-4-5-10-18(17)40-26/h4-6,8-10,20,23H,7,11-15H2,1-3H3,(H4-,27,28,30,34,36,37)/p+1/b8-6+/t20-,23-/m1/s1. The van der Waals surface area contributed by atoms with Gasteiger partial charge in [-0.05, 0) is 23.8 Å². The number of thiazole rings is 1. The fraction of sp³-hybridized carbons (Fsp3) is 0.423. The number of nitrogens with two attached hydrogens (primary N) is 1. The Morgan fingerprint density at radius 2 is 2.12 bits per heavy atom. The molecule has 5 N–H and O–H groups in total. The minimum absolute atomic E-state index is 0.0206. The third-order valence-electron chi connectivity index (χ3n) is 6.70. The van der Waals surface area contributed by atoms with Gasteiger partial charge < -0.3 is 25.5 Å². The van der Waals surface area contributed by atoms with Crippen molar-refractivity contribution in [2.45, 2.75) is 22.2 Å². The summed E-state index contributed by atoms with van der Waals surface area (Å²) >= 11 is 4.28. The van der Waals surface area contributed by atoms with Crippen LogP contribution in [0.3, 0.4) is 0 Å². The van der Waals surface area contributed by atoms with Gasteiger partial charge in [-0.25, -0.2) is 9.78 Å². The van der Waals surface area contributed by atoms with Crippen LogP contribution in [-0.2, 0) is 14.4 Å². The highest BCUT2D eigenvalue weighted by Gasteiger charge is 2.53. The van der Waals surface area contributed by atoms with Crippen LogP contribution in [0.5, 0.6) is 0 Å². The second-order valence-corrected chi connectivity index (χ2v) is 13.6. The van der Waals surface area contributed by atoms with Gasteiger partial charge in [0.2, 0.25) is 5.91 Å². The number of nitrogens with zero attached hydrogens (tertiary/aromatic N) is 4. The van der Waals surface area contributed by atoms with Crippen LogP contribution in [0.4, 0.5) is 0 Å². The van der Waals surface area contributed by atoms with Crippen molar-refractivity contribution in [3.8, 4) is 0 Å². The fourth-order valence-electron chi connectivity index (χ4n) is 4.45. The van der Waals surface area contributed by atoms with Crippen LogP contribution in [0.2, 0.25) is 0 Å². The number of allylic oxidation sites excluding steroid dienone is 1. The highest BCUT2D eigenvalue weighted by atomic mass is 32.2. The van der Waals surface area contributed by atoms with Gasteiger partial charge in [0.05, 0.1) is 43.2 Å².